The van der Waals surface area contributed by atoms with Crippen LogP contribution in [-0.2, 0) is 0 Å². The first kappa shape index (κ1) is 14.6. The fraction of sp³-hybridized carbons (Fsp3) is 0.400. The summed E-state index contributed by atoms with van der Waals surface area (Å²) < 4.78 is 0. The molecule has 0 atom stereocenters. The van der Waals surface area contributed by atoms with Gasteiger partial charge in [0.1, 0.15) is 0 Å². The van der Waals surface area contributed by atoms with Crippen molar-refractivity contribution in [1.29, 1.82) is 5.41 Å². The maximum atomic E-state index is 8.14. The molecule has 0 heterocycles. The van der Waals surface area contributed by atoms with Crippen LogP contribution < -0.4 is 0 Å². The predicted molar refractivity (Wildman–Crippen MR) is 74.0 cm³/mol. The van der Waals surface area contributed by atoms with E-state index < -0.39 is 0 Å². The summed E-state index contributed by atoms with van der Waals surface area (Å²) in [6.45, 7) is 15.8. The second kappa shape index (κ2) is 6.26. The number of rotatable bonds is 6. The predicted octanol–water partition coefficient (Wildman–Crippen LogP) is 4.69. The van der Waals surface area contributed by atoms with Crippen LogP contribution in [0.25, 0.3) is 0 Å². The first-order valence-corrected chi connectivity index (χ1v) is 5.59. The fourth-order valence-corrected chi connectivity index (χ4v) is 1.80. The molecule has 0 aromatic heterocycles. The van der Waals surface area contributed by atoms with E-state index in [4.69, 9.17) is 5.41 Å². The van der Waals surface area contributed by atoms with Crippen molar-refractivity contribution in [3.8, 4) is 0 Å². The molecule has 0 aromatic carbocycles. The molecule has 0 bridgehead atoms. The normalized spacial score (nSPS) is 12.9. The third-order valence-electron chi connectivity index (χ3n) is 2.63. The van der Waals surface area contributed by atoms with Crippen LogP contribution in [0, 0.1) is 10.8 Å². The zero-order chi connectivity index (χ0) is 12.8. The van der Waals surface area contributed by atoms with Gasteiger partial charge in [-0.3, -0.25) is 0 Å². The molecule has 0 aromatic rings. The van der Waals surface area contributed by atoms with Gasteiger partial charge in [-0.05, 0) is 36.8 Å². The zero-order valence-electron chi connectivity index (χ0n) is 10.9. The standard InChI is InChI=1S/C15H23N/c1-7-10-12(4)14(16)13(9-3)15(5,6)11-8-2/h7-10,16H,2,4,11H2,1,3,5-6H3/b10-7-,13-9-,16-14?. The Labute approximate surface area is 99.8 Å². The smallest absolute Gasteiger partial charge is 0.0640 e. The largest absolute Gasteiger partial charge is 0.300 e. The first-order chi connectivity index (χ1) is 7.40. The van der Waals surface area contributed by atoms with E-state index in [-0.39, 0.29) is 5.41 Å². The minimum atomic E-state index is -0.0574. The van der Waals surface area contributed by atoms with Gasteiger partial charge in [0, 0.05) is 0 Å². The van der Waals surface area contributed by atoms with E-state index >= 15 is 0 Å². The summed E-state index contributed by atoms with van der Waals surface area (Å²) in [6.07, 6.45) is 8.54. The summed E-state index contributed by atoms with van der Waals surface area (Å²) in [5, 5.41) is 8.14. The summed E-state index contributed by atoms with van der Waals surface area (Å²) in [7, 11) is 0. The van der Waals surface area contributed by atoms with Gasteiger partial charge in [-0.2, -0.15) is 0 Å². The molecular formula is C15H23N. The summed E-state index contributed by atoms with van der Waals surface area (Å²) in [5.74, 6) is 0. The van der Waals surface area contributed by atoms with Crippen molar-refractivity contribution in [3.63, 3.8) is 0 Å². The molecule has 0 radical (unpaired) electrons. The van der Waals surface area contributed by atoms with Crippen LogP contribution in [0.15, 0.2) is 48.6 Å². The highest BCUT2D eigenvalue weighted by atomic mass is 14.5. The number of nitrogens with one attached hydrogen (secondary N) is 1. The minimum absolute atomic E-state index is 0.0574. The fourth-order valence-electron chi connectivity index (χ4n) is 1.80. The molecule has 88 valence electrons. The van der Waals surface area contributed by atoms with Crippen molar-refractivity contribution >= 4 is 5.71 Å². The van der Waals surface area contributed by atoms with Crippen molar-refractivity contribution in [2.45, 2.75) is 34.1 Å². The van der Waals surface area contributed by atoms with Crippen LogP contribution in [0.2, 0.25) is 0 Å². The average molecular weight is 217 g/mol. The zero-order valence-corrected chi connectivity index (χ0v) is 10.9. The summed E-state index contributed by atoms with van der Waals surface area (Å²) >= 11 is 0. The van der Waals surface area contributed by atoms with Crippen molar-refractivity contribution in [1.82, 2.24) is 0 Å². The van der Waals surface area contributed by atoms with E-state index in [2.05, 4.69) is 27.0 Å². The van der Waals surface area contributed by atoms with Gasteiger partial charge in [0.05, 0.1) is 5.71 Å². The third kappa shape index (κ3) is 3.65. The molecule has 0 spiro atoms. The highest BCUT2D eigenvalue weighted by Crippen LogP contribution is 2.32. The van der Waals surface area contributed by atoms with E-state index in [9.17, 15) is 0 Å². The van der Waals surface area contributed by atoms with Crippen molar-refractivity contribution in [2.24, 2.45) is 5.41 Å². The Hall–Kier alpha value is -1.37. The van der Waals surface area contributed by atoms with Gasteiger partial charge in [0.15, 0.2) is 0 Å². The highest BCUT2D eigenvalue weighted by molar-refractivity contribution is 6.12. The van der Waals surface area contributed by atoms with E-state index in [1.54, 1.807) is 0 Å². The van der Waals surface area contributed by atoms with Crippen LogP contribution >= 0.6 is 0 Å². The summed E-state index contributed by atoms with van der Waals surface area (Å²) in [5.41, 5.74) is 2.24. The second-order valence-corrected chi connectivity index (χ2v) is 4.48. The Kier molecular flexibility index (Phi) is 5.73. The molecule has 1 N–H and O–H groups in total. The van der Waals surface area contributed by atoms with E-state index in [0.717, 1.165) is 17.6 Å². The third-order valence-corrected chi connectivity index (χ3v) is 2.63. The molecule has 16 heavy (non-hydrogen) atoms. The second-order valence-electron chi connectivity index (χ2n) is 4.48. The molecule has 0 saturated heterocycles. The van der Waals surface area contributed by atoms with Crippen molar-refractivity contribution in [2.75, 3.05) is 0 Å². The molecule has 0 aliphatic heterocycles. The maximum absolute atomic E-state index is 8.14. The van der Waals surface area contributed by atoms with Crippen molar-refractivity contribution in [3.05, 3.63) is 48.6 Å². The highest BCUT2D eigenvalue weighted by Gasteiger charge is 2.24. The molecule has 0 aliphatic rings. The Bertz CT molecular complexity index is 340. The molecule has 1 nitrogen and oxygen atoms in total. The topological polar surface area (TPSA) is 23.9 Å². The van der Waals surface area contributed by atoms with Gasteiger partial charge in [-0.1, -0.05) is 44.7 Å². The number of hydrogen-bond donors (Lipinski definition) is 1. The van der Waals surface area contributed by atoms with Gasteiger partial charge in [-0.25, -0.2) is 0 Å². The molecular weight excluding hydrogens is 194 g/mol. The lowest BCUT2D eigenvalue weighted by atomic mass is 9.77. The Morgan fingerprint density at radius 3 is 2.25 bits per heavy atom. The maximum Gasteiger partial charge on any atom is 0.0640 e. The Morgan fingerprint density at radius 1 is 1.31 bits per heavy atom. The van der Waals surface area contributed by atoms with Crippen LogP contribution in [0.3, 0.4) is 0 Å². The Balaban J connectivity index is 5.10. The summed E-state index contributed by atoms with van der Waals surface area (Å²) in [6, 6.07) is 0. The molecule has 0 amide bonds. The van der Waals surface area contributed by atoms with E-state index in [1.165, 1.54) is 0 Å². The summed E-state index contributed by atoms with van der Waals surface area (Å²) in [4.78, 5) is 0. The lowest BCUT2D eigenvalue weighted by Gasteiger charge is -2.27. The molecule has 1 heteroatoms. The molecule has 0 aliphatic carbocycles. The van der Waals surface area contributed by atoms with Gasteiger partial charge in [0.2, 0.25) is 0 Å². The monoisotopic (exact) mass is 217 g/mol. The van der Waals surface area contributed by atoms with Crippen LogP contribution in [0.1, 0.15) is 34.1 Å². The van der Waals surface area contributed by atoms with Crippen LogP contribution in [0.5, 0.6) is 0 Å². The number of allylic oxidation sites excluding steroid dienone is 6. The molecule has 0 rings (SSSR count). The quantitative estimate of drug-likeness (QED) is 0.379. The average Bonchev–Trinajstić information content (AvgIpc) is 2.18. The number of hydrogen-bond acceptors (Lipinski definition) is 1. The van der Waals surface area contributed by atoms with Gasteiger partial charge in [0.25, 0.3) is 0 Å². The van der Waals surface area contributed by atoms with Gasteiger partial charge < -0.3 is 5.41 Å². The molecule has 0 fully saturated rings. The first-order valence-electron chi connectivity index (χ1n) is 5.59. The van der Waals surface area contributed by atoms with Crippen LogP contribution in [0.4, 0.5) is 0 Å². The lowest BCUT2D eigenvalue weighted by molar-refractivity contribution is 0.471. The minimum Gasteiger partial charge on any atom is -0.300 e. The molecule has 0 saturated carbocycles. The van der Waals surface area contributed by atoms with E-state index in [1.807, 2.05) is 38.2 Å². The molecule has 0 unspecified atom stereocenters. The van der Waals surface area contributed by atoms with Gasteiger partial charge >= 0.3 is 0 Å². The van der Waals surface area contributed by atoms with Gasteiger partial charge in [-0.15, -0.1) is 6.58 Å². The Morgan fingerprint density at radius 2 is 1.88 bits per heavy atom. The van der Waals surface area contributed by atoms with E-state index in [0.29, 0.717) is 5.71 Å². The van der Waals surface area contributed by atoms with Crippen LogP contribution in [-0.4, -0.2) is 5.71 Å². The lowest BCUT2D eigenvalue weighted by Crippen LogP contribution is -2.21. The van der Waals surface area contributed by atoms with Crippen molar-refractivity contribution < 1.29 is 0 Å². The SMILES string of the molecule is C=CCC(C)(C)/C(=C\C)C(=N)C(=C)/C=C\C.